The lowest BCUT2D eigenvalue weighted by molar-refractivity contribution is -0.109. The van der Waals surface area contributed by atoms with Gasteiger partial charge in [-0.25, -0.2) is 4.79 Å². The van der Waals surface area contributed by atoms with Gasteiger partial charge in [0, 0.05) is 12.5 Å². The van der Waals surface area contributed by atoms with Crippen molar-refractivity contribution in [1.29, 1.82) is 0 Å². The monoisotopic (exact) mass is 162 g/mol. The minimum atomic E-state index is -0.198. The molecule has 0 fully saturated rings. The van der Waals surface area contributed by atoms with Gasteiger partial charge in [-0.05, 0) is 15.9 Å². The van der Waals surface area contributed by atoms with Crippen molar-refractivity contribution in [1.82, 2.24) is 0 Å². The lowest BCUT2D eigenvalue weighted by atomic mass is 10.5. The highest BCUT2D eigenvalue weighted by molar-refractivity contribution is 9.18. The maximum Gasteiger partial charge on any atom is 0.202 e. The second-order valence-electron chi connectivity index (χ2n) is 0.881. The predicted molar refractivity (Wildman–Crippen MR) is 28.8 cm³/mol. The molecule has 0 aromatic heterocycles. The average molecular weight is 163 g/mol. The van der Waals surface area contributed by atoms with E-state index in [-0.39, 0.29) is 11.1 Å². The molecule has 0 aliphatic heterocycles. The average Bonchev–Trinajstić information content (AvgIpc) is 1.61. The topological polar surface area (TPSA) is 34.1 Å². The molecule has 0 saturated carbocycles. The maximum atomic E-state index is 9.91. The fourth-order valence-electron chi connectivity index (χ4n) is 0.122. The highest BCUT2D eigenvalue weighted by Gasteiger charge is 1.85. The molecular formula is C4H3BrO2. The molecule has 0 saturated heterocycles. The molecule has 7 heavy (non-hydrogen) atoms. The molecule has 0 atom stereocenters. The molecule has 0 aromatic rings. The molecule has 0 radical (unpaired) electrons. The minimum Gasteiger partial charge on any atom is -0.286 e. The number of hydrogen-bond acceptors (Lipinski definition) is 2. The summed E-state index contributed by atoms with van der Waals surface area (Å²) >= 11 is 2.63. The Kier molecular flexibility index (Phi) is 3.56. The fraction of sp³-hybridized carbons (Fsp3) is 0.250. The molecule has 0 heterocycles. The Labute approximate surface area is 49.3 Å². The van der Waals surface area contributed by atoms with Crippen LogP contribution < -0.4 is 0 Å². The predicted octanol–water partition coefficient (Wildman–Crippen LogP) is 0.686. The second-order valence-corrected chi connectivity index (χ2v) is 1.77. The molecule has 0 aromatic carbocycles. The highest BCUT2D eigenvalue weighted by atomic mass is 79.9. The van der Waals surface area contributed by atoms with E-state index in [1.165, 1.54) is 5.94 Å². The molecular weight excluding hydrogens is 160 g/mol. The molecule has 0 amide bonds. The second kappa shape index (κ2) is 3.78. The van der Waals surface area contributed by atoms with Crippen LogP contribution in [-0.2, 0) is 9.59 Å². The molecule has 3 heteroatoms. The lowest BCUT2D eigenvalue weighted by Crippen LogP contribution is -1.77. The van der Waals surface area contributed by atoms with Crippen LogP contribution in [0.1, 0.15) is 6.42 Å². The molecule has 2 nitrogen and oxygen atoms in total. The molecule has 0 aliphatic carbocycles. The van der Waals surface area contributed by atoms with Crippen molar-refractivity contribution in [3.8, 4) is 0 Å². The van der Waals surface area contributed by atoms with Gasteiger partial charge in [-0.1, -0.05) is 0 Å². The van der Waals surface area contributed by atoms with E-state index in [0.29, 0.717) is 0 Å². The lowest BCUT2D eigenvalue weighted by Gasteiger charge is -1.71. The SMILES string of the molecule is O=C=CCC(=O)Br. The van der Waals surface area contributed by atoms with Crippen LogP contribution in [0.5, 0.6) is 0 Å². The largest absolute Gasteiger partial charge is 0.286 e. The van der Waals surface area contributed by atoms with Gasteiger partial charge in [0.2, 0.25) is 4.69 Å². The van der Waals surface area contributed by atoms with Crippen LogP contribution in [0, 0.1) is 0 Å². The van der Waals surface area contributed by atoms with Crippen molar-refractivity contribution in [2.45, 2.75) is 6.42 Å². The Morgan fingerprint density at radius 2 is 2.43 bits per heavy atom. The van der Waals surface area contributed by atoms with Gasteiger partial charge in [-0.15, -0.1) is 0 Å². The van der Waals surface area contributed by atoms with E-state index in [4.69, 9.17) is 0 Å². The van der Waals surface area contributed by atoms with E-state index in [9.17, 15) is 9.59 Å². The van der Waals surface area contributed by atoms with E-state index in [2.05, 4.69) is 15.9 Å². The normalized spacial score (nSPS) is 7.00. The molecule has 0 spiro atoms. The Balaban J connectivity index is 3.32. The van der Waals surface area contributed by atoms with E-state index in [0.717, 1.165) is 6.08 Å². The van der Waals surface area contributed by atoms with Gasteiger partial charge in [-0.2, -0.15) is 0 Å². The zero-order valence-electron chi connectivity index (χ0n) is 3.48. The van der Waals surface area contributed by atoms with E-state index in [1.54, 1.807) is 0 Å². The number of carbonyl (C=O) groups is 1. The van der Waals surface area contributed by atoms with Crippen molar-refractivity contribution in [3.05, 3.63) is 6.08 Å². The van der Waals surface area contributed by atoms with Crippen LogP contribution in [0.15, 0.2) is 6.08 Å². The first-order valence-corrected chi connectivity index (χ1v) is 2.44. The number of carbonyl (C=O) groups excluding carboxylic acids is 2. The maximum absolute atomic E-state index is 9.91. The first kappa shape index (κ1) is 6.60. The Morgan fingerprint density at radius 1 is 1.86 bits per heavy atom. The number of allylic oxidation sites excluding steroid dienone is 1. The third-order valence-corrected chi connectivity index (χ3v) is 0.670. The summed E-state index contributed by atoms with van der Waals surface area (Å²) in [6, 6.07) is 0. The van der Waals surface area contributed by atoms with E-state index >= 15 is 0 Å². The number of rotatable bonds is 2. The molecule has 0 N–H and O–H groups in total. The molecule has 0 bridgehead atoms. The summed E-state index contributed by atoms with van der Waals surface area (Å²) in [6.45, 7) is 0. The summed E-state index contributed by atoms with van der Waals surface area (Å²) < 4.78 is -0.198. The van der Waals surface area contributed by atoms with Crippen molar-refractivity contribution >= 4 is 26.6 Å². The van der Waals surface area contributed by atoms with Crippen molar-refractivity contribution in [2.75, 3.05) is 0 Å². The van der Waals surface area contributed by atoms with Crippen LogP contribution in [0.25, 0.3) is 0 Å². The Morgan fingerprint density at radius 3 is 2.57 bits per heavy atom. The Bertz CT molecular complexity index is 113. The summed E-state index contributed by atoms with van der Waals surface area (Å²) in [5.41, 5.74) is 0. The van der Waals surface area contributed by atoms with Gasteiger partial charge < -0.3 is 0 Å². The van der Waals surface area contributed by atoms with Crippen LogP contribution >= 0.6 is 15.9 Å². The quantitative estimate of drug-likeness (QED) is 0.443. The van der Waals surface area contributed by atoms with Crippen molar-refractivity contribution in [2.24, 2.45) is 0 Å². The minimum absolute atomic E-state index is 0.128. The van der Waals surface area contributed by atoms with Gasteiger partial charge in [0.1, 0.15) is 5.94 Å². The Hall–Kier alpha value is -0.400. The van der Waals surface area contributed by atoms with Crippen molar-refractivity contribution in [3.63, 3.8) is 0 Å². The first-order valence-electron chi connectivity index (χ1n) is 1.65. The molecule has 0 rings (SSSR count). The summed E-state index contributed by atoms with van der Waals surface area (Å²) in [7, 11) is 0. The van der Waals surface area contributed by atoms with Gasteiger partial charge in [0.05, 0.1) is 0 Å². The van der Waals surface area contributed by atoms with Crippen LogP contribution in [0.2, 0.25) is 0 Å². The third kappa shape index (κ3) is 5.60. The smallest absolute Gasteiger partial charge is 0.202 e. The third-order valence-electron chi connectivity index (χ3n) is 0.346. The van der Waals surface area contributed by atoms with Crippen LogP contribution in [0.3, 0.4) is 0 Å². The zero-order valence-corrected chi connectivity index (χ0v) is 5.06. The zero-order chi connectivity index (χ0) is 5.70. The van der Waals surface area contributed by atoms with E-state index in [1.807, 2.05) is 0 Å². The van der Waals surface area contributed by atoms with Crippen LogP contribution in [0.4, 0.5) is 0 Å². The molecule has 38 valence electrons. The van der Waals surface area contributed by atoms with Crippen LogP contribution in [-0.4, -0.2) is 10.6 Å². The summed E-state index contributed by atoms with van der Waals surface area (Å²) in [5, 5.41) is 0. The molecule has 0 unspecified atom stereocenters. The standard InChI is InChI=1S/C4H3BrO2/c5-4(7)2-1-3-6/h1H,2H2. The number of halogens is 1. The van der Waals surface area contributed by atoms with E-state index < -0.39 is 0 Å². The fourth-order valence-corrected chi connectivity index (χ4v) is 0.284. The van der Waals surface area contributed by atoms with Gasteiger partial charge in [0.25, 0.3) is 0 Å². The highest BCUT2D eigenvalue weighted by Crippen LogP contribution is 1.88. The summed E-state index contributed by atoms with van der Waals surface area (Å²) in [4.78, 5) is 19.3. The van der Waals surface area contributed by atoms with Gasteiger partial charge in [-0.3, -0.25) is 4.79 Å². The first-order chi connectivity index (χ1) is 3.27. The van der Waals surface area contributed by atoms with Gasteiger partial charge >= 0.3 is 0 Å². The summed E-state index contributed by atoms with van der Waals surface area (Å²) in [6.07, 6.45) is 1.25. The van der Waals surface area contributed by atoms with Gasteiger partial charge in [0.15, 0.2) is 0 Å². The number of hydrogen-bond donors (Lipinski definition) is 0. The molecule has 0 aliphatic rings. The van der Waals surface area contributed by atoms with Crippen molar-refractivity contribution < 1.29 is 9.59 Å². The summed E-state index contributed by atoms with van der Waals surface area (Å²) in [5.74, 6) is 1.47.